The summed E-state index contributed by atoms with van der Waals surface area (Å²) in [5.41, 5.74) is 3.75. The van der Waals surface area contributed by atoms with Gasteiger partial charge in [-0.3, -0.25) is 25.7 Å². The average molecular weight is 429 g/mol. The van der Waals surface area contributed by atoms with Gasteiger partial charge in [-0.05, 0) is 42.5 Å². The predicted molar refractivity (Wildman–Crippen MR) is 113 cm³/mol. The van der Waals surface area contributed by atoms with Crippen molar-refractivity contribution in [1.29, 1.82) is 0 Å². The lowest BCUT2D eigenvalue weighted by Gasteiger charge is -2.04. The van der Waals surface area contributed by atoms with E-state index in [4.69, 9.17) is 11.6 Å². The van der Waals surface area contributed by atoms with Crippen LogP contribution in [0.1, 0.15) is 5.56 Å². The third-order valence-electron chi connectivity index (χ3n) is 3.71. The van der Waals surface area contributed by atoms with Gasteiger partial charge in [0.05, 0.1) is 26.6 Å². The Morgan fingerprint density at radius 3 is 2.24 bits per heavy atom. The maximum Gasteiger partial charge on any atom is 0.283 e. The quantitative estimate of drug-likeness (QED) is 0.291. The number of rotatable bonds is 7. The fraction of sp³-hybridized carbons (Fsp3) is 0. The molecule has 0 aliphatic heterocycles. The van der Waals surface area contributed by atoms with E-state index >= 15 is 0 Å². The van der Waals surface area contributed by atoms with Gasteiger partial charge in [0.15, 0.2) is 0 Å². The van der Waals surface area contributed by atoms with Crippen LogP contribution in [0.2, 0.25) is 5.02 Å². The van der Waals surface area contributed by atoms with Gasteiger partial charge in [0.25, 0.3) is 11.4 Å². The monoisotopic (exact) mass is 428 g/mol. The van der Waals surface area contributed by atoms with Crippen molar-refractivity contribution in [3.05, 3.63) is 97.5 Å². The van der Waals surface area contributed by atoms with E-state index in [0.717, 1.165) is 4.90 Å². The third-order valence-corrected chi connectivity index (χ3v) is 5.03. The van der Waals surface area contributed by atoms with Crippen molar-refractivity contribution in [3.63, 3.8) is 0 Å². The standard InChI is InChI=1S/C19H13ClN4O4S/c20-14-2-8-17(9-3-14)29-19-10-1-13(11-18(19)24(27)28)12-21-22-15-4-6-16(7-5-15)23(25)26/h1-12,22H/b21-12-. The predicted octanol–water partition coefficient (Wildman–Crippen LogP) is 5.75. The Bertz CT molecular complexity index is 1070. The topological polar surface area (TPSA) is 111 Å². The Morgan fingerprint density at radius 2 is 1.62 bits per heavy atom. The van der Waals surface area contributed by atoms with Gasteiger partial charge in [-0.15, -0.1) is 0 Å². The van der Waals surface area contributed by atoms with Crippen LogP contribution in [0.15, 0.2) is 81.6 Å². The molecular weight excluding hydrogens is 416 g/mol. The highest BCUT2D eigenvalue weighted by atomic mass is 35.5. The number of hydrogen-bond acceptors (Lipinski definition) is 7. The summed E-state index contributed by atoms with van der Waals surface area (Å²) in [4.78, 5) is 22.5. The summed E-state index contributed by atoms with van der Waals surface area (Å²) in [6.45, 7) is 0. The van der Waals surface area contributed by atoms with E-state index in [1.807, 2.05) is 0 Å². The summed E-state index contributed by atoms with van der Waals surface area (Å²) in [6, 6.07) is 17.6. The summed E-state index contributed by atoms with van der Waals surface area (Å²) in [7, 11) is 0. The number of non-ortho nitro benzene ring substituents is 1. The van der Waals surface area contributed by atoms with Crippen molar-refractivity contribution < 1.29 is 9.85 Å². The van der Waals surface area contributed by atoms with Gasteiger partial charge in [0.1, 0.15) is 0 Å². The number of nitro benzene ring substituents is 2. The smallest absolute Gasteiger partial charge is 0.278 e. The third kappa shape index (κ3) is 5.53. The molecular formula is C19H13ClN4O4S. The van der Waals surface area contributed by atoms with E-state index in [-0.39, 0.29) is 11.4 Å². The molecule has 0 saturated heterocycles. The van der Waals surface area contributed by atoms with E-state index in [2.05, 4.69) is 10.5 Å². The zero-order valence-corrected chi connectivity index (χ0v) is 16.3. The molecule has 1 N–H and O–H groups in total. The van der Waals surface area contributed by atoms with Gasteiger partial charge >= 0.3 is 0 Å². The van der Waals surface area contributed by atoms with Crippen LogP contribution in [0, 0.1) is 20.2 Å². The molecule has 8 nitrogen and oxygen atoms in total. The minimum atomic E-state index is -0.490. The van der Waals surface area contributed by atoms with Gasteiger partial charge in [0.2, 0.25) is 0 Å². The minimum absolute atomic E-state index is 0.0241. The lowest BCUT2D eigenvalue weighted by molar-refractivity contribution is -0.387. The van der Waals surface area contributed by atoms with Crippen LogP contribution in [-0.4, -0.2) is 16.1 Å². The molecule has 3 aromatic rings. The average Bonchev–Trinajstić information content (AvgIpc) is 2.71. The normalized spacial score (nSPS) is 10.8. The Morgan fingerprint density at radius 1 is 0.931 bits per heavy atom. The molecule has 146 valence electrons. The Kier molecular flexibility index (Phi) is 6.43. The molecule has 10 heteroatoms. The molecule has 0 saturated carbocycles. The van der Waals surface area contributed by atoms with Crippen LogP contribution in [0.3, 0.4) is 0 Å². The van der Waals surface area contributed by atoms with E-state index in [0.29, 0.717) is 21.2 Å². The largest absolute Gasteiger partial charge is 0.283 e. The second-order valence-corrected chi connectivity index (χ2v) is 7.27. The Labute approximate surface area is 174 Å². The summed E-state index contributed by atoms with van der Waals surface area (Å²) < 4.78 is 0. The lowest BCUT2D eigenvalue weighted by Crippen LogP contribution is -1.95. The van der Waals surface area contributed by atoms with E-state index in [1.54, 1.807) is 36.4 Å². The minimum Gasteiger partial charge on any atom is -0.278 e. The Hall–Kier alpha value is -3.43. The number of anilines is 1. The van der Waals surface area contributed by atoms with Crippen LogP contribution in [0.25, 0.3) is 0 Å². The first-order valence-electron chi connectivity index (χ1n) is 8.18. The first-order chi connectivity index (χ1) is 13.9. The molecule has 0 amide bonds. The van der Waals surface area contributed by atoms with Crippen molar-refractivity contribution >= 4 is 46.6 Å². The fourth-order valence-corrected chi connectivity index (χ4v) is 3.34. The fourth-order valence-electron chi connectivity index (χ4n) is 2.31. The van der Waals surface area contributed by atoms with Gasteiger partial charge in [0, 0.05) is 33.7 Å². The molecule has 0 unspecified atom stereocenters. The maximum absolute atomic E-state index is 11.5. The number of hydrogen-bond donors (Lipinski definition) is 1. The maximum atomic E-state index is 11.5. The van der Waals surface area contributed by atoms with Gasteiger partial charge in [-0.25, -0.2) is 0 Å². The van der Waals surface area contributed by atoms with Crippen LogP contribution < -0.4 is 5.43 Å². The molecule has 0 fully saturated rings. The van der Waals surface area contributed by atoms with Crippen LogP contribution in [0.4, 0.5) is 17.1 Å². The van der Waals surface area contributed by atoms with E-state index in [1.165, 1.54) is 48.3 Å². The molecule has 0 aromatic heterocycles. The first kappa shape index (κ1) is 20.3. The number of halogens is 1. The molecule has 0 atom stereocenters. The molecule has 3 rings (SSSR count). The first-order valence-corrected chi connectivity index (χ1v) is 9.37. The van der Waals surface area contributed by atoms with Crippen molar-refractivity contribution in [1.82, 2.24) is 0 Å². The number of benzene rings is 3. The molecule has 0 bridgehead atoms. The molecule has 0 radical (unpaired) electrons. The summed E-state index contributed by atoms with van der Waals surface area (Å²) in [5.74, 6) is 0. The van der Waals surface area contributed by atoms with Crippen LogP contribution in [0.5, 0.6) is 0 Å². The zero-order valence-electron chi connectivity index (χ0n) is 14.7. The second-order valence-electron chi connectivity index (χ2n) is 5.71. The highest BCUT2D eigenvalue weighted by Gasteiger charge is 2.15. The zero-order chi connectivity index (χ0) is 20.8. The van der Waals surface area contributed by atoms with Crippen molar-refractivity contribution in [2.75, 3.05) is 5.43 Å². The lowest BCUT2D eigenvalue weighted by atomic mass is 10.2. The summed E-state index contributed by atoms with van der Waals surface area (Å²) in [5, 5.41) is 26.7. The highest BCUT2D eigenvalue weighted by molar-refractivity contribution is 7.99. The van der Waals surface area contributed by atoms with Crippen molar-refractivity contribution in [2.45, 2.75) is 9.79 Å². The van der Waals surface area contributed by atoms with E-state index in [9.17, 15) is 20.2 Å². The van der Waals surface area contributed by atoms with Gasteiger partial charge in [-0.1, -0.05) is 29.4 Å². The summed E-state index contributed by atoms with van der Waals surface area (Å²) in [6.07, 6.45) is 1.44. The number of hydrazone groups is 1. The molecule has 0 heterocycles. The highest BCUT2D eigenvalue weighted by Crippen LogP contribution is 2.35. The number of nitrogens with one attached hydrogen (secondary N) is 1. The SMILES string of the molecule is O=[N+]([O-])c1ccc(N/N=C\c2ccc(Sc3ccc(Cl)cc3)c([N+](=O)[O-])c2)cc1. The van der Waals surface area contributed by atoms with Crippen LogP contribution >= 0.6 is 23.4 Å². The van der Waals surface area contributed by atoms with Crippen molar-refractivity contribution in [2.24, 2.45) is 5.10 Å². The number of nitrogens with zero attached hydrogens (tertiary/aromatic N) is 3. The number of nitro groups is 2. The molecule has 0 aliphatic rings. The second kappa shape index (κ2) is 9.18. The molecule has 3 aromatic carbocycles. The van der Waals surface area contributed by atoms with E-state index < -0.39 is 9.85 Å². The molecule has 29 heavy (non-hydrogen) atoms. The van der Waals surface area contributed by atoms with Gasteiger partial charge < -0.3 is 0 Å². The van der Waals surface area contributed by atoms with Crippen LogP contribution in [-0.2, 0) is 0 Å². The van der Waals surface area contributed by atoms with Crippen molar-refractivity contribution in [3.8, 4) is 0 Å². The summed E-state index contributed by atoms with van der Waals surface area (Å²) >= 11 is 7.13. The van der Waals surface area contributed by atoms with Gasteiger partial charge in [-0.2, -0.15) is 5.10 Å². The molecule has 0 aliphatic carbocycles. The molecule has 0 spiro atoms. The Balaban J connectivity index is 1.73.